The Morgan fingerprint density at radius 3 is 2.42 bits per heavy atom. The maximum absolute atomic E-state index is 14.5. The molecule has 2 aliphatic rings. The van der Waals surface area contributed by atoms with Gasteiger partial charge >= 0.3 is 0 Å². The van der Waals surface area contributed by atoms with Crippen molar-refractivity contribution in [1.82, 2.24) is 29.3 Å². The van der Waals surface area contributed by atoms with Gasteiger partial charge in [-0.1, -0.05) is 6.07 Å². The molecule has 3 aromatic rings. The third-order valence-electron chi connectivity index (χ3n) is 7.83. The molecule has 5 rings (SSSR count). The minimum atomic E-state index is -1.43. The lowest BCUT2D eigenvalue weighted by Crippen LogP contribution is -2.45. The van der Waals surface area contributed by atoms with Gasteiger partial charge in [-0.2, -0.15) is 4.98 Å². The normalized spacial score (nSPS) is 18.3. The van der Waals surface area contributed by atoms with Crippen molar-refractivity contribution in [2.75, 3.05) is 38.5 Å². The standard InChI is InChI=1S/C28H38FN7O2/c1-4-38-27-33-23-15-21(28(2,3)29)5-6-24(23)36(27)22-9-13-35(14-10-22)25(37)20-7-11-34(12-8-20)18-19-16-31-26(30)32-17-19/h5-6,15-17,20,22H,4,7-14,18H2,1-3H3,(H2,30,31,32). The highest BCUT2D eigenvalue weighted by Crippen LogP contribution is 2.35. The maximum Gasteiger partial charge on any atom is 0.297 e. The van der Waals surface area contributed by atoms with Gasteiger partial charge in [-0.25, -0.2) is 14.4 Å². The number of ether oxygens (including phenoxy) is 1. The second kappa shape index (κ2) is 10.8. The molecule has 204 valence electrons. The van der Waals surface area contributed by atoms with Crippen molar-refractivity contribution in [3.63, 3.8) is 0 Å². The van der Waals surface area contributed by atoms with Crippen LogP contribution in [0.4, 0.5) is 10.3 Å². The van der Waals surface area contributed by atoms with Crippen molar-refractivity contribution in [2.24, 2.45) is 5.92 Å². The zero-order chi connectivity index (χ0) is 26.9. The summed E-state index contributed by atoms with van der Waals surface area (Å²) in [5.74, 6) is 0.627. The van der Waals surface area contributed by atoms with E-state index in [4.69, 9.17) is 15.5 Å². The molecule has 1 amide bonds. The van der Waals surface area contributed by atoms with E-state index in [0.717, 1.165) is 61.9 Å². The van der Waals surface area contributed by atoms with Crippen molar-refractivity contribution >= 4 is 22.9 Å². The molecular weight excluding hydrogens is 485 g/mol. The van der Waals surface area contributed by atoms with E-state index in [-0.39, 0.29) is 23.8 Å². The first kappa shape index (κ1) is 26.3. The maximum atomic E-state index is 14.5. The van der Waals surface area contributed by atoms with E-state index < -0.39 is 5.67 Å². The molecule has 0 atom stereocenters. The van der Waals surface area contributed by atoms with Crippen molar-refractivity contribution in [3.8, 4) is 6.01 Å². The Labute approximate surface area is 223 Å². The summed E-state index contributed by atoms with van der Waals surface area (Å²) in [6.07, 6.45) is 6.94. The number of carbonyl (C=O) groups excluding carboxylic acids is 1. The van der Waals surface area contributed by atoms with Crippen molar-refractivity contribution in [3.05, 3.63) is 41.7 Å². The molecule has 2 fully saturated rings. The predicted octanol–water partition coefficient (Wildman–Crippen LogP) is 4.09. The number of alkyl halides is 1. The highest BCUT2D eigenvalue weighted by molar-refractivity contribution is 5.79. The summed E-state index contributed by atoms with van der Waals surface area (Å²) in [5.41, 5.74) is 7.48. The van der Waals surface area contributed by atoms with Crippen LogP contribution in [0.3, 0.4) is 0 Å². The third kappa shape index (κ3) is 5.60. The largest absolute Gasteiger partial charge is 0.465 e. The Kier molecular flexibility index (Phi) is 7.52. The molecule has 10 heteroatoms. The highest BCUT2D eigenvalue weighted by atomic mass is 19.1. The number of nitrogens with zero attached hydrogens (tertiary/aromatic N) is 6. The zero-order valence-corrected chi connectivity index (χ0v) is 22.6. The fourth-order valence-electron chi connectivity index (χ4n) is 5.68. The van der Waals surface area contributed by atoms with Gasteiger partial charge in [-0.05, 0) is 77.2 Å². The number of imidazole rings is 1. The number of fused-ring (bicyclic) bond motifs is 1. The number of nitrogen functional groups attached to an aromatic ring is 1. The molecule has 0 radical (unpaired) electrons. The van der Waals surface area contributed by atoms with Gasteiger partial charge in [0.2, 0.25) is 11.9 Å². The van der Waals surface area contributed by atoms with Gasteiger partial charge in [0.05, 0.1) is 17.6 Å². The number of hydrogen-bond donors (Lipinski definition) is 1. The molecular formula is C28H38FN7O2. The average molecular weight is 524 g/mol. The van der Waals surface area contributed by atoms with Crippen LogP contribution in [0.25, 0.3) is 11.0 Å². The molecule has 4 heterocycles. The Morgan fingerprint density at radius 2 is 1.79 bits per heavy atom. The number of benzene rings is 1. The van der Waals surface area contributed by atoms with Crippen LogP contribution in [0.15, 0.2) is 30.6 Å². The molecule has 0 unspecified atom stereocenters. The van der Waals surface area contributed by atoms with Crippen LogP contribution in [0.2, 0.25) is 0 Å². The number of aromatic nitrogens is 4. The van der Waals surface area contributed by atoms with Gasteiger partial charge in [0.15, 0.2) is 0 Å². The summed E-state index contributed by atoms with van der Waals surface area (Å²) in [4.78, 5) is 30.6. The second-order valence-corrected chi connectivity index (χ2v) is 10.9. The van der Waals surface area contributed by atoms with Crippen LogP contribution < -0.4 is 10.5 Å². The molecule has 2 N–H and O–H groups in total. The molecule has 2 aromatic heterocycles. The number of anilines is 1. The Balaban J connectivity index is 1.20. The van der Waals surface area contributed by atoms with Crippen LogP contribution >= 0.6 is 0 Å². The first-order valence-electron chi connectivity index (χ1n) is 13.6. The molecule has 2 aliphatic heterocycles. The summed E-state index contributed by atoms with van der Waals surface area (Å²) < 4.78 is 22.6. The van der Waals surface area contributed by atoms with Crippen molar-refractivity contribution in [2.45, 2.75) is 64.7 Å². The van der Waals surface area contributed by atoms with Crippen LogP contribution in [0.5, 0.6) is 6.01 Å². The van der Waals surface area contributed by atoms with Crippen LogP contribution in [0.1, 0.15) is 63.6 Å². The summed E-state index contributed by atoms with van der Waals surface area (Å²) in [6, 6.07) is 6.35. The van der Waals surface area contributed by atoms with Crippen molar-refractivity contribution in [1.29, 1.82) is 0 Å². The monoisotopic (exact) mass is 523 g/mol. The summed E-state index contributed by atoms with van der Waals surface area (Å²) in [7, 11) is 0. The molecule has 1 aromatic carbocycles. The fraction of sp³-hybridized carbons (Fsp3) is 0.571. The van der Waals surface area contributed by atoms with E-state index in [1.54, 1.807) is 26.2 Å². The average Bonchev–Trinajstić information content (AvgIpc) is 3.27. The fourth-order valence-corrected chi connectivity index (χ4v) is 5.68. The highest BCUT2D eigenvalue weighted by Gasteiger charge is 2.33. The van der Waals surface area contributed by atoms with Crippen LogP contribution in [0, 0.1) is 5.92 Å². The topological polar surface area (TPSA) is 102 Å². The SMILES string of the molecule is CCOc1nc2cc(C(C)(C)F)ccc2n1C1CCN(C(=O)C2CCN(Cc3cnc(N)nc3)CC2)CC1. The number of rotatable bonds is 7. The van der Waals surface area contributed by atoms with Gasteiger partial charge in [0.1, 0.15) is 5.67 Å². The molecule has 0 bridgehead atoms. The van der Waals surface area contributed by atoms with E-state index in [1.807, 2.05) is 30.0 Å². The van der Waals surface area contributed by atoms with Crippen LogP contribution in [-0.2, 0) is 17.0 Å². The number of piperidine rings is 2. The van der Waals surface area contributed by atoms with Gasteiger partial charge in [0.25, 0.3) is 6.01 Å². The molecule has 0 spiro atoms. The Morgan fingerprint density at radius 1 is 1.11 bits per heavy atom. The number of halogens is 1. The smallest absolute Gasteiger partial charge is 0.297 e. The Hall–Kier alpha value is -3.27. The number of hydrogen-bond acceptors (Lipinski definition) is 7. The molecule has 9 nitrogen and oxygen atoms in total. The number of amides is 1. The van der Waals surface area contributed by atoms with E-state index >= 15 is 0 Å². The molecule has 0 saturated carbocycles. The van der Waals surface area contributed by atoms with Crippen molar-refractivity contribution < 1.29 is 13.9 Å². The van der Waals surface area contributed by atoms with E-state index in [9.17, 15) is 9.18 Å². The molecule has 38 heavy (non-hydrogen) atoms. The van der Waals surface area contributed by atoms with Gasteiger partial charge in [-0.15, -0.1) is 0 Å². The first-order chi connectivity index (χ1) is 18.2. The quantitative estimate of drug-likeness (QED) is 0.498. The molecule has 0 aliphatic carbocycles. The lowest BCUT2D eigenvalue weighted by atomic mass is 9.93. The van der Waals surface area contributed by atoms with E-state index in [1.165, 1.54) is 0 Å². The zero-order valence-electron chi connectivity index (χ0n) is 22.6. The summed E-state index contributed by atoms with van der Waals surface area (Å²) in [6.45, 7) is 9.53. The minimum absolute atomic E-state index is 0.0704. The van der Waals surface area contributed by atoms with Gasteiger partial charge in [0, 0.05) is 49.6 Å². The third-order valence-corrected chi connectivity index (χ3v) is 7.83. The number of carbonyl (C=O) groups is 1. The number of likely N-dealkylation sites (tertiary alicyclic amines) is 2. The van der Waals surface area contributed by atoms with Gasteiger partial charge in [-0.3, -0.25) is 14.3 Å². The summed E-state index contributed by atoms with van der Waals surface area (Å²) >= 11 is 0. The van der Waals surface area contributed by atoms with E-state index in [2.05, 4.69) is 19.4 Å². The summed E-state index contributed by atoms with van der Waals surface area (Å²) in [5, 5.41) is 0. The second-order valence-electron chi connectivity index (χ2n) is 10.9. The van der Waals surface area contributed by atoms with Gasteiger partial charge < -0.3 is 15.4 Å². The van der Waals surface area contributed by atoms with E-state index in [0.29, 0.717) is 31.3 Å². The predicted molar refractivity (Wildman–Crippen MR) is 144 cm³/mol. The number of nitrogens with two attached hydrogens (primary N) is 1. The lowest BCUT2D eigenvalue weighted by molar-refractivity contribution is -0.138. The lowest BCUT2D eigenvalue weighted by Gasteiger charge is -2.37. The Bertz CT molecular complexity index is 1250. The first-order valence-corrected chi connectivity index (χ1v) is 13.6. The molecule has 2 saturated heterocycles. The van der Waals surface area contributed by atoms with Crippen LogP contribution in [-0.4, -0.2) is 68.0 Å². The minimum Gasteiger partial charge on any atom is -0.465 e.